The predicted octanol–water partition coefficient (Wildman–Crippen LogP) is 1.74. The predicted molar refractivity (Wildman–Crippen MR) is 82.1 cm³/mol. The van der Waals surface area contributed by atoms with Gasteiger partial charge in [-0.3, -0.25) is 4.79 Å². The number of nitrogens with one attached hydrogen (secondary N) is 1. The van der Waals surface area contributed by atoms with Gasteiger partial charge in [-0.2, -0.15) is 0 Å². The highest BCUT2D eigenvalue weighted by Gasteiger charge is 2.08. The molecule has 0 atom stereocenters. The molecular weight excluding hydrogens is 254 g/mol. The van der Waals surface area contributed by atoms with E-state index < -0.39 is 0 Å². The Hall–Kier alpha value is -1.75. The molecule has 0 heterocycles. The number of nitrogens with two attached hydrogens (primary N) is 1. The quantitative estimate of drug-likeness (QED) is 0.562. The number of amides is 1. The van der Waals surface area contributed by atoms with Gasteiger partial charge in [0.1, 0.15) is 5.75 Å². The van der Waals surface area contributed by atoms with Crippen LogP contribution in [0.3, 0.4) is 0 Å². The minimum Gasteiger partial charge on any atom is -0.491 e. The normalized spacial score (nSPS) is 10.6. The summed E-state index contributed by atoms with van der Waals surface area (Å²) in [4.78, 5) is 14.1. The lowest BCUT2D eigenvalue weighted by Gasteiger charge is -2.11. The molecule has 1 amide bonds. The van der Waals surface area contributed by atoms with Gasteiger partial charge < -0.3 is 20.7 Å². The number of carbonyl (C=O) groups excluding carboxylic acids is 1. The van der Waals surface area contributed by atoms with E-state index in [-0.39, 0.29) is 5.91 Å². The van der Waals surface area contributed by atoms with Gasteiger partial charge in [-0.15, -0.1) is 0 Å². The first kappa shape index (κ1) is 16.3. The van der Waals surface area contributed by atoms with Crippen molar-refractivity contribution in [1.29, 1.82) is 0 Å². The molecule has 0 aliphatic heterocycles. The lowest BCUT2D eigenvalue weighted by atomic mass is 10.1. The van der Waals surface area contributed by atoms with Crippen molar-refractivity contribution < 1.29 is 9.53 Å². The zero-order valence-electron chi connectivity index (χ0n) is 12.6. The van der Waals surface area contributed by atoms with Gasteiger partial charge in [0.05, 0.1) is 12.3 Å². The molecule has 1 rings (SSSR count). The van der Waals surface area contributed by atoms with E-state index in [1.165, 1.54) is 0 Å². The van der Waals surface area contributed by atoms with Crippen molar-refractivity contribution in [2.45, 2.75) is 19.8 Å². The summed E-state index contributed by atoms with van der Waals surface area (Å²) >= 11 is 0. The fourth-order valence-corrected chi connectivity index (χ4v) is 1.71. The van der Waals surface area contributed by atoms with Gasteiger partial charge in [0, 0.05) is 12.1 Å². The molecule has 0 radical (unpaired) electrons. The van der Waals surface area contributed by atoms with E-state index in [4.69, 9.17) is 10.5 Å². The third kappa shape index (κ3) is 5.48. The van der Waals surface area contributed by atoms with Crippen molar-refractivity contribution in [3.63, 3.8) is 0 Å². The number of hydrogen-bond donors (Lipinski definition) is 2. The molecule has 0 fully saturated rings. The Morgan fingerprint density at radius 1 is 1.40 bits per heavy atom. The standard InChI is InChI=1S/C15H25N3O2/c1-4-10-20-14-11-12(6-7-13(14)16)15(19)17-8-5-9-18(2)3/h6-7,11H,4-5,8-10,16H2,1-3H3,(H,17,19). The second kappa shape index (κ2) is 8.43. The van der Waals surface area contributed by atoms with Crippen LogP contribution in [-0.2, 0) is 0 Å². The summed E-state index contributed by atoms with van der Waals surface area (Å²) in [5.74, 6) is 0.484. The van der Waals surface area contributed by atoms with Crippen molar-refractivity contribution in [2.24, 2.45) is 0 Å². The number of hydrogen-bond acceptors (Lipinski definition) is 4. The summed E-state index contributed by atoms with van der Waals surface area (Å²) in [6.45, 7) is 4.23. The number of ether oxygens (including phenoxy) is 1. The number of benzene rings is 1. The van der Waals surface area contributed by atoms with Crippen LogP contribution >= 0.6 is 0 Å². The first-order chi connectivity index (χ1) is 9.54. The molecule has 3 N–H and O–H groups in total. The summed E-state index contributed by atoms with van der Waals surface area (Å²) in [7, 11) is 4.03. The number of nitrogens with zero attached hydrogens (tertiary/aromatic N) is 1. The summed E-state index contributed by atoms with van der Waals surface area (Å²) in [6.07, 6.45) is 1.83. The summed E-state index contributed by atoms with van der Waals surface area (Å²) in [6, 6.07) is 5.13. The van der Waals surface area contributed by atoms with Crippen LogP contribution in [0.2, 0.25) is 0 Å². The topological polar surface area (TPSA) is 67.6 Å². The third-order valence-electron chi connectivity index (χ3n) is 2.81. The summed E-state index contributed by atoms with van der Waals surface area (Å²) in [5, 5.41) is 2.90. The smallest absolute Gasteiger partial charge is 0.251 e. The lowest BCUT2D eigenvalue weighted by Crippen LogP contribution is -2.27. The zero-order valence-corrected chi connectivity index (χ0v) is 12.6. The van der Waals surface area contributed by atoms with Crippen LogP contribution < -0.4 is 15.8 Å². The molecule has 0 aromatic heterocycles. The van der Waals surface area contributed by atoms with E-state index in [0.29, 0.717) is 30.2 Å². The zero-order chi connectivity index (χ0) is 15.0. The fourth-order valence-electron chi connectivity index (χ4n) is 1.71. The van der Waals surface area contributed by atoms with Crippen LogP contribution in [0.4, 0.5) is 5.69 Å². The molecule has 5 heteroatoms. The number of rotatable bonds is 8. The molecule has 1 aromatic rings. The van der Waals surface area contributed by atoms with Crippen molar-refractivity contribution in [3.8, 4) is 5.75 Å². The van der Waals surface area contributed by atoms with Crippen LogP contribution in [0.25, 0.3) is 0 Å². The summed E-state index contributed by atoms with van der Waals surface area (Å²) < 4.78 is 5.52. The van der Waals surface area contributed by atoms with Gasteiger partial charge in [-0.1, -0.05) is 6.92 Å². The van der Waals surface area contributed by atoms with E-state index >= 15 is 0 Å². The van der Waals surface area contributed by atoms with Crippen molar-refractivity contribution in [1.82, 2.24) is 10.2 Å². The van der Waals surface area contributed by atoms with E-state index in [0.717, 1.165) is 19.4 Å². The Bertz CT molecular complexity index is 433. The molecular formula is C15H25N3O2. The van der Waals surface area contributed by atoms with E-state index in [1.807, 2.05) is 21.0 Å². The van der Waals surface area contributed by atoms with Gasteiger partial charge in [0.2, 0.25) is 0 Å². The number of carbonyl (C=O) groups is 1. The van der Waals surface area contributed by atoms with Crippen LogP contribution in [0.1, 0.15) is 30.1 Å². The number of anilines is 1. The average molecular weight is 279 g/mol. The van der Waals surface area contributed by atoms with E-state index in [1.54, 1.807) is 18.2 Å². The van der Waals surface area contributed by atoms with Crippen molar-refractivity contribution in [2.75, 3.05) is 39.5 Å². The lowest BCUT2D eigenvalue weighted by molar-refractivity contribution is 0.0952. The van der Waals surface area contributed by atoms with Crippen LogP contribution in [0, 0.1) is 0 Å². The second-order valence-corrected chi connectivity index (χ2v) is 5.01. The maximum atomic E-state index is 12.0. The molecule has 0 aliphatic rings. The fraction of sp³-hybridized carbons (Fsp3) is 0.533. The molecule has 0 unspecified atom stereocenters. The molecule has 1 aromatic carbocycles. The van der Waals surface area contributed by atoms with E-state index in [2.05, 4.69) is 10.2 Å². The third-order valence-corrected chi connectivity index (χ3v) is 2.81. The molecule has 5 nitrogen and oxygen atoms in total. The molecule has 20 heavy (non-hydrogen) atoms. The van der Waals surface area contributed by atoms with E-state index in [9.17, 15) is 4.79 Å². The Morgan fingerprint density at radius 3 is 2.80 bits per heavy atom. The minimum atomic E-state index is -0.0925. The molecule has 0 saturated carbocycles. The number of nitrogen functional groups attached to an aromatic ring is 1. The molecule has 112 valence electrons. The van der Waals surface area contributed by atoms with Gasteiger partial charge >= 0.3 is 0 Å². The maximum Gasteiger partial charge on any atom is 0.251 e. The SMILES string of the molecule is CCCOc1cc(C(=O)NCCCN(C)C)ccc1N. The minimum absolute atomic E-state index is 0.0925. The first-order valence-electron chi connectivity index (χ1n) is 6.99. The van der Waals surface area contributed by atoms with Crippen molar-refractivity contribution in [3.05, 3.63) is 23.8 Å². The van der Waals surface area contributed by atoms with Gasteiger partial charge in [-0.25, -0.2) is 0 Å². The van der Waals surface area contributed by atoms with Gasteiger partial charge in [-0.05, 0) is 51.7 Å². The Morgan fingerprint density at radius 2 is 2.15 bits per heavy atom. The van der Waals surface area contributed by atoms with Crippen molar-refractivity contribution >= 4 is 11.6 Å². The Balaban J connectivity index is 2.55. The maximum absolute atomic E-state index is 12.0. The average Bonchev–Trinajstić information content (AvgIpc) is 2.42. The summed E-state index contributed by atoms with van der Waals surface area (Å²) in [5.41, 5.74) is 6.96. The highest BCUT2D eigenvalue weighted by molar-refractivity contribution is 5.95. The Labute approximate surface area is 121 Å². The Kier molecular flexibility index (Phi) is 6.87. The van der Waals surface area contributed by atoms with Crippen LogP contribution in [0.5, 0.6) is 5.75 Å². The highest BCUT2D eigenvalue weighted by atomic mass is 16.5. The van der Waals surface area contributed by atoms with Crippen LogP contribution in [0.15, 0.2) is 18.2 Å². The van der Waals surface area contributed by atoms with Crippen LogP contribution in [-0.4, -0.2) is 44.6 Å². The van der Waals surface area contributed by atoms with Gasteiger partial charge in [0.15, 0.2) is 0 Å². The largest absolute Gasteiger partial charge is 0.491 e. The second-order valence-electron chi connectivity index (χ2n) is 5.01. The monoisotopic (exact) mass is 279 g/mol. The highest BCUT2D eigenvalue weighted by Crippen LogP contribution is 2.22. The van der Waals surface area contributed by atoms with Gasteiger partial charge in [0.25, 0.3) is 5.91 Å². The molecule has 0 spiro atoms. The molecule has 0 bridgehead atoms. The molecule has 0 saturated heterocycles. The first-order valence-corrected chi connectivity index (χ1v) is 6.99. The molecule has 0 aliphatic carbocycles.